The Morgan fingerprint density at radius 1 is 1.14 bits per heavy atom. The average molecular weight is 327 g/mol. The molecule has 3 fully saturated rings. The first-order chi connectivity index (χ1) is 10.4. The highest BCUT2D eigenvalue weighted by Crippen LogP contribution is 2.58. The lowest BCUT2D eigenvalue weighted by molar-refractivity contribution is -0.121. The molecule has 0 unspecified atom stereocenters. The van der Waals surface area contributed by atoms with Gasteiger partial charge >= 0.3 is 0 Å². The number of sulfone groups is 1. The molecule has 2 bridgehead atoms. The third-order valence-electron chi connectivity index (χ3n) is 6.00. The molecule has 0 aromatic carbocycles. The molecule has 1 amide bonds. The molecule has 5 atom stereocenters. The fourth-order valence-corrected chi connectivity index (χ4v) is 7.03. The molecular weight excluding hydrogens is 298 g/mol. The Balaban J connectivity index is 1.47. The van der Waals surface area contributed by atoms with E-state index < -0.39 is 9.84 Å². The third-order valence-corrected chi connectivity index (χ3v) is 8.00. The van der Waals surface area contributed by atoms with Gasteiger partial charge in [-0.3, -0.25) is 4.79 Å². The van der Waals surface area contributed by atoms with Crippen molar-refractivity contribution in [3.8, 4) is 0 Å². The molecule has 0 aliphatic heterocycles. The molecule has 0 heterocycles. The lowest BCUT2D eigenvalue weighted by atomic mass is 9.79. The minimum absolute atomic E-state index is 0.0100. The number of amides is 1. The van der Waals surface area contributed by atoms with Gasteiger partial charge in [-0.25, -0.2) is 8.42 Å². The summed E-state index contributed by atoms with van der Waals surface area (Å²) in [6.45, 7) is 3.79. The van der Waals surface area contributed by atoms with Crippen molar-refractivity contribution in [3.63, 3.8) is 0 Å². The highest BCUT2D eigenvalue weighted by molar-refractivity contribution is 7.91. The topological polar surface area (TPSA) is 63.2 Å². The fourth-order valence-electron chi connectivity index (χ4n) is 5.35. The predicted octanol–water partition coefficient (Wildman–Crippen LogP) is 2.39. The third kappa shape index (κ3) is 3.34. The van der Waals surface area contributed by atoms with Crippen molar-refractivity contribution in [3.05, 3.63) is 0 Å². The van der Waals surface area contributed by atoms with Crippen LogP contribution in [0.25, 0.3) is 0 Å². The van der Waals surface area contributed by atoms with E-state index in [0.29, 0.717) is 12.0 Å². The number of hydrogen-bond acceptors (Lipinski definition) is 3. The standard InChI is InChI=1S/C17H29NO3S/c1-11(2)10-22(20,21)7-6-17(19)18-16-9-12-8-15(16)14-5-3-4-13(12)14/h11-16H,3-10H2,1-2H3,(H,18,19)/t12-,13+,14+,15+,16-/m1/s1. The zero-order valence-corrected chi connectivity index (χ0v) is 14.6. The normalized spacial score (nSPS) is 36.8. The van der Waals surface area contributed by atoms with E-state index >= 15 is 0 Å². The van der Waals surface area contributed by atoms with Crippen molar-refractivity contribution in [2.75, 3.05) is 11.5 Å². The quantitative estimate of drug-likeness (QED) is 0.815. The molecule has 3 aliphatic rings. The van der Waals surface area contributed by atoms with Gasteiger partial charge in [-0.1, -0.05) is 20.3 Å². The van der Waals surface area contributed by atoms with Gasteiger partial charge in [0, 0.05) is 12.5 Å². The van der Waals surface area contributed by atoms with E-state index in [1.165, 1.54) is 25.7 Å². The SMILES string of the molecule is CC(C)CS(=O)(=O)CCC(=O)N[C@@H]1C[C@H]2C[C@H]1[C@H]1CCC[C@@H]21. The first kappa shape index (κ1) is 16.3. The van der Waals surface area contributed by atoms with Crippen LogP contribution >= 0.6 is 0 Å². The molecule has 22 heavy (non-hydrogen) atoms. The molecule has 0 aromatic heterocycles. The summed E-state index contributed by atoms with van der Waals surface area (Å²) in [6.07, 6.45) is 6.61. The molecule has 0 saturated heterocycles. The van der Waals surface area contributed by atoms with Gasteiger partial charge in [0.2, 0.25) is 5.91 Å². The summed E-state index contributed by atoms with van der Waals surface area (Å²) < 4.78 is 23.8. The second-order valence-corrected chi connectivity index (χ2v) is 10.3. The Hall–Kier alpha value is -0.580. The van der Waals surface area contributed by atoms with Crippen molar-refractivity contribution < 1.29 is 13.2 Å². The lowest BCUT2D eigenvalue weighted by Gasteiger charge is -2.32. The first-order valence-electron chi connectivity index (χ1n) is 8.85. The van der Waals surface area contributed by atoms with Gasteiger partial charge in [-0.05, 0) is 55.3 Å². The van der Waals surface area contributed by atoms with Crippen LogP contribution in [0.5, 0.6) is 0 Å². The highest BCUT2D eigenvalue weighted by Gasteiger charge is 2.53. The van der Waals surface area contributed by atoms with Gasteiger partial charge < -0.3 is 5.32 Å². The van der Waals surface area contributed by atoms with Crippen LogP contribution in [0, 0.1) is 29.6 Å². The van der Waals surface area contributed by atoms with E-state index in [9.17, 15) is 13.2 Å². The van der Waals surface area contributed by atoms with Gasteiger partial charge in [0.05, 0.1) is 11.5 Å². The van der Waals surface area contributed by atoms with Crippen molar-refractivity contribution in [1.29, 1.82) is 0 Å². The van der Waals surface area contributed by atoms with Crippen LogP contribution in [0.2, 0.25) is 0 Å². The van der Waals surface area contributed by atoms with Gasteiger partial charge in [0.25, 0.3) is 0 Å². The van der Waals surface area contributed by atoms with Crippen LogP contribution < -0.4 is 5.32 Å². The van der Waals surface area contributed by atoms with Crippen LogP contribution in [0.3, 0.4) is 0 Å². The Bertz CT molecular complexity index is 528. The maximum absolute atomic E-state index is 12.1. The smallest absolute Gasteiger partial charge is 0.221 e. The van der Waals surface area contributed by atoms with Crippen LogP contribution in [0.1, 0.15) is 52.4 Å². The minimum atomic E-state index is -3.09. The molecule has 3 saturated carbocycles. The Morgan fingerprint density at radius 2 is 1.86 bits per heavy atom. The molecule has 0 spiro atoms. The minimum Gasteiger partial charge on any atom is -0.353 e. The maximum atomic E-state index is 12.1. The Morgan fingerprint density at radius 3 is 2.59 bits per heavy atom. The van der Waals surface area contributed by atoms with E-state index in [4.69, 9.17) is 0 Å². The zero-order chi connectivity index (χ0) is 15.9. The van der Waals surface area contributed by atoms with Gasteiger partial charge in [-0.2, -0.15) is 0 Å². The molecule has 4 nitrogen and oxygen atoms in total. The van der Waals surface area contributed by atoms with Crippen LogP contribution in [0.4, 0.5) is 0 Å². The van der Waals surface area contributed by atoms with Gasteiger partial charge in [-0.15, -0.1) is 0 Å². The molecule has 3 rings (SSSR count). The monoisotopic (exact) mass is 327 g/mol. The number of carbonyl (C=O) groups excluding carboxylic acids is 1. The van der Waals surface area contributed by atoms with Gasteiger partial charge in [0.15, 0.2) is 9.84 Å². The summed E-state index contributed by atoms with van der Waals surface area (Å²) in [5, 5.41) is 3.15. The van der Waals surface area contributed by atoms with Crippen LogP contribution in [-0.2, 0) is 14.6 Å². The van der Waals surface area contributed by atoms with Crippen molar-refractivity contribution >= 4 is 15.7 Å². The number of rotatable bonds is 6. The van der Waals surface area contributed by atoms with E-state index in [-0.39, 0.29) is 29.8 Å². The summed E-state index contributed by atoms with van der Waals surface area (Å²) in [6, 6.07) is 0.310. The number of carbonyl (C=O) groups is 1. The average Bonchev–Trinajstić information content (AvgIpc) is 3.06. The van der Waals surface area contributed by atoms with Crippen LogP contribution in [-0.4, -0.2) is 31.9 Å². The van der Waals surface area contributed by atoms with E-state index in [0.717, 1.165) is 24.2 Å². The van der Waals surface area contributed by atoms with Gasteiger partial charge in [0.1, 0.15) is 0 Å². The molecule has 0 aromatic rings. The number of nitrogens with one attached hydrogen (secondary N) is 1. The molecule has 0 radical (unpaired) electrons. The molecule has 126 valence electrons. The largest absolute Gasteiger partial charge is 0.353 e. The Labute approximate surface area is 134 Å². The highest BCUT2D eigenvalue weighted by atomic mass is 32.2. The zero-order valence-electron chi connectivity index (χ0n) is 13.8. The lowest BCUT2D eigenvalue weighted by Crippen LogP contribution is -2.43. The second kappa shape index (κ2) is 6.14. The number of hydrogen-bond donors (Lipinski definition) is 1. The molecule has 5 heteroatoms. The Kier molecular flexibility index (Phi) is 4.54. The molecule has 1 N–H and O–H groups in total. The first-order valence-corrected chi connectivity index (χ1v) is 10.7. The number of fused-ring (bicyclic) bond motifs is 5. The van der Waals surface area contributed by atoms with Crippen molar-refractivity contribution in [1.82, 2.24) is 5.32 Å². The van der Waals surface area contributed by atoms with Crippen molar-refractivity contribution in [2.45, 2.75) is 58.4 Å². The van der Waals surface area contributed by atoms with E-state index in [2.05, 4.69) is 5.32 Å². The summed E-state index contributed by atoms with van der Waals surface area (Å²) in [7, 11) is -3.09. The summed E-state index contributed by atoms with van der Waals surface area (Å²) >= 11 is 0. The maximum Gasteiger partial charge on any atom is 0.221 e. The molecular formula is C17H29NO3S. The summed E-state index contributed by atoms with van der Waals surface area (Å²) in [5.41, 5.74) is 0. The second-order valence-electron chi connectivity index (χ2n) is 8.09. The summed E-state index contributed by atoms with van der Waals surface area (Å²) in [5.74, 6) is 3.44. The van der Waals surface area contributed by atoms with Crippen LogP contribution in [0.15, 0.2) is 0 Å². The fraction of sp³-hybridized carbons (Fsp3) is 0.941. The van der Waals surface area contributed by atoms with E-state index in [1.54, 1.807) is 0 Å². The van der Waals surface area contributed by atoms with E-state index in [1.807, 2.05) is 13.8 Å². The van der Waals surface area contributed by atoms with Crippen molar-refractivity contribution in [2.24, 2.45) is 29.6 Å². The summed E-state index contributed by atoms with van der Waals surface area (Å²) in [4.78, 5) is 12.1. The molecule has 3 aliphatic carbocycles. The predicted molar refractivity (Wildman–Crippen MR) is 87.1 cm³/mol.